The molecule has 0 bridgehead atoms. The number of hydrogen-bond acceptors (Lipinski definition) is 6. The molecule has 0 saturated carbocycles. The average Bonchev–Trinajstić information content (AvgIpc) is 2.97. The zero-order chi connectivity index (χ0) is 18.7. The van der Waals surface area contributed by atoms with E-state index in [1.165, 1.54) is 12.1 Å². The number of nitro groups is 1. The lowest BCUT2D eigenvalue weighted by Crippen LogP contribution is -2.21. The topological polar surface area (TPSA) is 120 Å². The van der Waals surface area contributed by atoms with E-state index >= 15 is 0 Å². The summed E-state index contributed by atoms with van der Waals surface area (Å²) >= 11 is 0. The lowest BCUT2D eigenvalue weighted by molar-refractivity contribution is -0.384. The smallest absolute Gasteiger partial charge is 0.307 e. The van der Waals surface area contributed by atoms with Crippen molar-refractivity contribution in [3.63, 3.8) is 0 Å². The minimum absolute atomic E-state index is 0.165. The van der Waals surface area contributed by atoms with Gasteiger partial charge >= 0.3 is 5.97 Å². The number of hydrogen-bond donors (Lipinski definition) is 2. The maximum atomic E-state index is 11.4. The van der Waals surface area contributed by atoms with Gasteiger partial charge in [0.25, 0.3) is 5.69 Å². The van der Waals surface area contributed by atoms with Gasteiger partial charge in [0, 0.05) is 19.3 Å². The highest BCUT2D eigenvalue weighted by Gasteiger charge is 2.21. The fraction of sp³-hybridized carbons (Fsp3) is 0.412. The van der Waals surface area contributed by atoms with Crippen molar-refractivity contribution >= 4 is 23.0 Å². The highest BCUT2D eigenvalue weighted by atomic mass is 16.6. The summed E-state index contributed by atoms with van der Waals surface area (Å²) in [4.78, 5) is 21.7. The summed E-state index contributed by atoms with van der Waals surface area (Å²) in [6, 6.07) is 4.64. The van der Waals surface area contributed by atoms with E-state index in [4.69, 9.17) is 9.84 Å². The van der Waals surface area contributed by atoms with Crippen LogP contribution in [0, 0.1) is 17.0 Å². The number of carboxylic acids is 1. The molecule has 0 spiro atoms. The van der Waals surface area contributed by atoms with E-state index in [1.807, 2.05) is 11.6 Å². The monoisotopic (exact) mass is 360 g/mol. The van der Waals surface area contributed by atoms with E-state index in [0.29, 0.717) is 30.2 Å². The van der Waals surface area contributed by atoms with E-state index in [1.54, 1.807) is 12.3 Å². The average molecular weight is 360 g/mol. The van der Waals surface area contributed by atoms with Crippen molar-refractivity contribution in [3.05, 3.63) is 45.8 Å². The predicted molar refractivity (Wildman–Crippen MR) is 93.8 cm³/mol. The highest BCUT2D eigenvalue weighted by molar-refractivity contribution is 5.74. The van der Waals surface area contributed by atoms with Gasteiger partial charge in [0.2, 0.25) is 0 Å². The third-order valence-electron chi connectivity index (χ3n) is 4.46. The Balaban J connectivity index is 1.85. The normalized spacial score (nSPS) is 15.0. The molecule has 2 heterocycles. The molecular formula is C17H20N4O5. The molecule has 138 valence electrons. The zero-order valence-corrected chi connectivity index (χ0v) is 14.3. The van der Waals surface area contributed by atoms with Gasteiger partial charge in [-0.15, -0.1) is 0 Å². The molecule has 1 aliphatic rings. The fourth-order valence-corrected chi connectivity index (χ4v) is 3.11. The fourth-order valence-electron chi connectivity index (χ4n) is 3.11. The molecule has 0 radical (unpaired) electrons. The van der Waals surface area contributed by atoms with Gasteiger partial charge in [0.15, 0.2) is 0 Å². The molecule has 1 saturated heterocycles. The van der Waals surface area contributed by atoms with Crippen LogP contribution in [0.3, 0.4) is 0 Å². The van der Waals surface area contributed by atoms with E-state index in [-0.39, 0.29) is 18.2 Å². The van der Waals surface area contributed by atoms with Gasteiger partial charge in [0.05, 0.1) is 35.0 Å². The highest BCUT2D eigenvalue weighted by Crippen LogP contribution is 2.32. The Morgan fingerprint density at radius 1 is 1.42 bits per heavy atom. The Labute approximate surface area is 149 Å². The van der Waals surface area contributed by atoms with Crippen LogP contribution >= 0.6 is 0 Å². The minimum atomic E-state index is -1.03. The molecule has 0 unspecified atom stereocenters. The Hall–Kier alpha value is -2.94. The van der Waals surface area contributed by atoms with Crippen LogP contribution in [-0.4, -0.2) is 39.0 Å². The lowest BCUT2D eigenvalue weighted by Gasteiger charge is -2.23. The number of nitrogens with zero attached hydrogens (tertiary/aromatic N) is 3. The summed E-state index contributed by atoms with van der Waals surface area (Å²) in [6.45, 7) is 3.31. The van der Waals surface area contributed by atoms with Crippen molar-refractivity contribution in [2.75, 3.05) is 18.5 Å². The van der Waals surface area contributed by atoms with Gasteiger partial charge in [-0.25, -0.2) is 0 Å². The molecule has 0 atom stereocenters. The van der Waals surface area contributed by atoms with Crippen LogP contribution in [-0.2, 0) is 16.0 Å². The number of ether oxygens (including phenoxy) is 1. The van der Waals surface area contributed by atoms with Crippen LogP contribution in [0.1, 0.15) is 30.1 Å². The first-order chi connectivity index (χ1) is 12.5. The molecular weight excluding hydrogens is 340 g/mol. The van der Waals surface area contributed by atoms with Gasteiger partial charge in [-0.05, 0) is 31.4 Å². The molecule has 9 heteroatoms. The largest absolute Gasteiger partial charge is 0.481 e. The molecule has 1 fully saturated rings. The molecule has 3 rings (SSSR count). The second-order valence-corrected chi connectivity index (χ2v) is 6.24. The van der Waals surface area contributed by atoms with E-state index < -0.39 is 10.9 Å². The predicted octanol–water partition coefficient (Wildman–Crippen LogP) is 2.82. The van der Waals surface area contributed by atoms with Crippen molar-refractivity contribution in [1.82, 2.24) is 9.78 Å². The van der Waals surface area contributed by atoms with E-state index in [2.05, 4.69) is 10.4 Å². The molecule has 0 aliphatic carbocycles. The van der Waals surface area contributed by atoms with Crippen molar-refractivity contribution < 1.29 is 19.6 Å². The number of aliphatic carboxylic acids is 1. The van der Waals surface area contributed by atoms with Gasteiger partial charge in [-0.3, -0.25) is 19.6 Å². The third-order valence-corrected chi connectivity index (χ3v) is 4.46. The summed E-state index contributed by atoms with van der Waals surface area (Å²) in [5.41, 5.74) is 2.09. The first-order valence-corrected chi connectivity index (χ1v) is 8.33. The van der Waals surface area contributed by atoms with Crippen LogP contribution in [0.15, 0.2) is 24.4 Å². The van der Waals surface area contributed by atoms with Gasteiger partial charge in [-0.2, -0.15) is 5.10 Å². The van der Waals surface area contributed by atoms with Crippen LogP contribution in [0.25, 0.3) is 0 Å². The number of aromatic nitrogens is 2. The molecule has 1 aromatic heterocycles. The zero-order valence-electron chi connectivity index (χ0n) is 14.3. The standard InChI is InChI=1S/C17H20N4O5/c1-11-15(10-18-20(11)13-4-6-26-7-5-13)19-14-3-2-12(9-17(22)23)8-16(14)21(24)25/h2-3,8,10,13,19H,4-7,9H2,1H3,(H,22,23). The summed E-state index contributed by atoms with van der Waals surface area (Å²) in [5.74, 6) is -1.03. The number of carboxylic acid groups (broad SMARTS) is 1. The van der Waals surface area contributed by atoms with Crippen LogP contribution in [0.2, 0.25) is 0 Å². The van der Waals surface area contributed by atoms with Crippen molar-refractivity contribution in [3.8, 4) is 0 Å². The first-order valence-electron chi connectivity index (χ1n) is 8.33. The molecule has 2 aromatic rings. The number of rotatable bonds is 6. The minimum Gasteiger partial charge on any atom is -0.481 e. The van der Waals surface area contributed by atoms with Crippen LogP contribution in [0.5, 0.6) is 0 Å². The van der Waals surface area contributed by atoms with E-state index in [0.717, 1.165) is 18.5 Å². The van der Waals surface area contributed by atoms with Gasteiger partial charge in [0.1, 0.15) is 5.69 Å². The molecule has 2 N–H and O–H groups in total. The Morgan fingerprint density at radius 3 is 2.81 bits per heavy atom. The maximum absolute atomic E-state index is 11.4. The van der Waals surface area contributed by atoms with Gasteiger partial charge < -0.3 is 15.2 Å². The second kappa shape index (κ2) is 7.52. The lowest BCUT2D eigenvalue weighted by atomic mass is 10.1. The summed E-state index contributed by atoms with van der Waals surface area (Å²) in [6.07, 6.45) is 3.15. The number of nitro benzene ring substituents is 1. The van der Waals surface area contributed by atoms with E-state index in [9.17, 15) is 14.9 Å². The summed E-state index contributed by atoms with van der Waals surface area (Å²) < 4.78 is 7.30. The maximum Gasteiger partial charge on any atom is 0.307 e. The summed E-state index contributed by atoms with van der Waals surface area (Å²) in [7, 11) is 0. The van der Waals surface area contributed by atoms with Crippen LogP contribution < -0.4 is 5.32 Å². The summed E-state index contributed by atoms with van der Waals surface area (Å²) in [5, 5.41) is 27.7. The molecule has 9 nitrogen and oxygen atoms in total. The molecule has 1 aromatic carbocycles. The number of nitrogens with one attached hydrogen (secondary N) is 1. The van der Waals surface area contributed by atoms with Gasteiger partial charge in [-0.1, -0.05) is 6.07 Å². The number of benzene rings is 1. The Bertz CT molecular complexity index is 827. The van der Waals surface area contributed by atoms with Crippen molar-refractivity contribution in [2.24, 2.45) is 0 Å². The number of carbonyl (C=O) groups is 1. The SMILES string of the molecule is Cc1c(Nc2ccc(CC(=O)O)cc2[N+](=O)[O-])cnn1C1CCOCC1. The van der Waals surface area contributed by atoms with Crippen molar-refractivity contribution in [2.45, 2.75) is 32.2 Å². The Morgan fingerprint density at radius 2 is 2.15 bits per heavy atom. The van der Waals surface area contributed by atoms with Crippen LogP contribution in [0.4, 0.5) is 17.1 Å². The number of anilines is 2. The second-order valence-electron chi connectivity index (χ2n) is 6.24. The quantitative estimate of drug-likeness (QED) is 0.600. The molecule has 26 heavy (non-hydrogen) atoms. The Kier molecular flexibility index (Phi) is 5.17. The van der Waals surface area contributed by atoms with Crippen molar-refractivity contribution in [1.29, 1.82) is 0 Å². The molecule has 0 amide bonds. The molecule has 1 aliphatic heterocycles. The first kappa shape index (κ1) is 17.9. The third kappa shape index (κ3) is 3.83.